The number of quaternary nitrogens is 2. The first-order chi connectivity index (χ1) is 14.2. The lowest BCUT2D eigenvalue weighted by Crippen LogP contribution is -3.27. The summed E-state index contributed by atoms with van der Waals surface area (Å²) in [4.78, 5) is 3.10. The summed E-state index contributed by atoms with van der Waals surface area (Å²) in [6.07, 6.45) is 0. The van der Waals surface area contributed by atoms with Crippen molar-refractivity contribution in [2.75, 3.05) is 39.8 Å². The number of aromatic nitrogens is 4. The summed E-state index contributed by atoms with van der Waals surface area (Å²) < 4.78 is 7.59. The van der Waals surface area contributed by atoms with Crippen molar-refractivity contribution in [2.24, 2.45) is 0 Å². The second kappa shape index (κ2) is 9.15. The van der Waals surface area contributed by atoms with Crippen LogP contribution >= 0.6 is 0 Å². The standard InChI is InChI=1S/C22H28N6O/c1-3-29-20-11-9-19(10-12-20)21(27-15-13-26(2)14-16-27)22-23-24-25-28(22)17-18-7-5-4-6-8-18/h4-12,21H,3,13-17H2,1-2H3/p+2/t21-/m1/s1. The molecule has 2 aromatic carbocycles. The molecule has 29 heavy (non-hydrogen) atoms. The monoisotopic (exact) mass is 394 g/mol. The lowest BCUT2D eigenvalue weighted by atomic mass is 10.0. The van der Waals surface area contributed by atoms with Crippen LogP contribution in [0.5, 0.6) is 5.75 Å². The van der Waals surface area contributed by atoms with Crippen LogP contribution in [0.15, 0.2) is 54.6 Å². The molecule has 0 saturated carbocycles. The first-order valence-corrected chi connectivity index (χ1v) is 10.4. The molecular weight excluding hydrogens is 364 g/mol. The highest BCUT2D eigenvalue weighted by atomic mass is 16.5. The predicted molar refractivity (Wildman–Crippen MR) is 110 cm³/mol. The van der Waals surface area contributed by atoms with Crippen molar-refractivity contribution in [2.45, 2.75) is 19.5 Å². The molecule has 4 rings (SSSR count). The molecule has 2 N–H and O–H groups in total. The Kier molecular flexibility index (Phi) is 6.17. The second-order valence-corrected chi connectivity index (χ2v) is 7.73. The highest BCUT2D eigenvalue weighted by Gasteiger charge is 2.34. The molecule has 152 valence electrons. The van der Waals surface area contributed by atoms with E-state index in [1.165, 1.54) is 16.0 Å². The Hall–Kier alpha value is -2.77. The van der Waals surface area contributed by atoms with Gasteiger partial charge in [0.2, 0.25) is 5.82 Å². The largest absolute Gasteiger partial charge is 0.494 e. The molecule has 0 bridgehead atoms. The van der Waals surface area contributed by atoms with Crippen LogP contribution in [0.3, 0.4) is 0 Å². The van der Waals surface area contributed by atoms with Crippen molar-refractivity contribution >= 4 is 0 Å². The minimum absolute atomic E-state index is 0.109. The van der Waals surface area contributed by atoms with Crippen molar-refractivity contribution in [3.8, 4) is 5.75 Å². The molecule has 1 aromatic heterocycles. The molecule has 0 unspecified atom stereocenters. The van der Waals surface area contributed by atoms with E-state index in [-0.39, 0.29) is 6.04 Å². The number of piperazine rings is 1. The van der Waals surface area contributed by atoms with E-state index in [9.17, 15) is 0 Å². The Balaban J connectivity index is 1.66. The van der Waals surface area contributed by atoms with Crippen LogP contribution in [0.4, 0.5) is 0 Å². The number of nitrogens with one attached hydrogen (secondary N) is 2. The fourth-order valence-electron chi connectivity index (χ4n) is 4.06. The Bertz CT molecular complexity index is 887. The Morgan fingerprint density at radius 1 is 1.00 bits per heavy atom. The van der Waals surface area contributed by atoms with Gasteiger partial charge >= 0.3 is 0 Å². The summed E-state index contributed by atoms with van der Waals surface area (Å²) in [6, 6.07) is 18.9. The molecule has 0 amide bonds. The lowest BCUT2D eigenvalue weighted by molar-refractivity contribution is -1.02. The number of benzene rings is 2. The lowest BCUT2D eigenvalue weighted by Gasteiger charge is -2.32. The fourth-order valence-corrected chi connectivity index (χ4v) is 4.06. The number of rotatable bonds is 7. The molecule has 1 fully saturated rings. The number of nitrogens with zero attached hydrogens (tertiary/aromatic N) is 4. The van der Waals surface area contributed by atoms with Gasteiger partial charge in [0.25, 0.3) is 0 Å². The predicted octanol–water partition coefficient (Wildman–Crippen LogP) is -0.377. The molecule has 3 aromatic rings. The summed E-state index contributed by atoms with van der Waals surface area (Å²) >= 11 is 0. The van der Waals surface area contributed by atoms with Crippen molar-refractivity contribution in [3.63, 3.8) is 0 Å². The zero-order valence-corrected chi connectivity index (χ0v) is 17.2. The number of hydrogen-bond acceptors (Lipinski definition) is 4. The van der Waals surface area contributed by atoms with Gasteiger partial charge in [-0.1, -0.05) is 30.3 Å². The second-order valence-electron chi connectivity index (χ2n) is 7.73. The third-order valence-corrected chi connectivity index (χ3v) is 5.67. The van der Waals surface area contributed by atoms with E-state index in [0.717, 1.165) is 37.8 Å². The van der Waals surface area contributed by atoms with Crippen LogP contribution in [0.25, 0.3) is 0 Å². The van der Waals surface area contributed by atoms with Crippen molar-refractivity contribution in [3.05, 3.63) is 71.5 Å². The Labute approximate surface area is 171 Å². The van der Waals surface area contributed by atoms with Gasteiger partial charge in [0.05, 0.1) is 20.2 Å². The summed E-state index contributed by atoms with van der Waals surface area (Å²) in [5.74, 6) is 1.82. The summed E-state index contributed by atoms with van der Waals surface area (Å²) in [6.45, 7) is 7.86. The number of ether oxygens (including phenoxy) is 1. The minimum Gasteiger partial charge on any atom is -0.494 e. The maximum Gasteiger partial charge on any atom is 0.214 e. The first kappa shape index (κ1) is 19.5. The third-order valence-electron chi connectivity index (χ3n) is 5.67. The summed E-state index contributed by atoms with van der Waals surface area (Å²) in [5, 5.41) is 12.9. The van der Waals surface area contributed by atoms with E-state index in [4.69, 9.17) is 4.74 Å². The van der Waals surface area contributed by atoms with E-state index in [0.29, 0.717) is 13.2 Å². The van der Waals surface area contributed by atoms with Crippen LogP contribution in [0, 0.1) is 0 Å². The van der Waals surface area contributed by atoms with Gasteiger partial charge in [0.1, 0.15) is 31.9 Å². The van der Waals surface area contributed by atoms with Crippen LogP contribution in [-0.2, 0) is 6.54 Å². The molecule has 1 saturated heterocycles. The van der Waals surface area contributed by atoms with Gasteiger partial charge in [0.15, 0.2) is 6.04 Å². The highest BCUT2D eigenvalue weighted by Crippen LogP contribution is 2.21. The molecule has 2 heterocycles. The van der Waals surface area contributed by atoms with Gasteiger partial charge in [0, 0.05) is 5.56 Å². The highest BCUT2D eigenvalue weighted by molar-refractivity contribution is 5.31. The number of hydrogen-bond donors (Lipinski definition) is 2. The topological polar surface area (TPSA) is 61.7 Å². The molecular formula is C22H30N6O+2. The first-order valence-electron chi connectivity index (χ1n) is 10.4. The molecule has 7 nitrogen and oxygen atoms in total. The van der Waals surface area contributed by atoms with Gasteiger partial charge in [-0.2, -0.15) is 0 Å². The minimum atomic E-state index is 0.109. The van der Waals surface area contributed by atoms with Crippen molar-refractivity contribution < 1.29 is 14.5 Å². The SMILES string of the molecule is CCOc1ccc([C@H](c2nnnn2Cc2ccccc2)[NH+]2CC[NH+](C)CC2)cc1. The average Bonchev–Trinajstić information content (AvgIpc) is 3.19. The smallest absolute Gasteiger partial charge is 0.214 e. The van der Waals surface area contributed by atoms with Crippen LogP contribution in [-0.4, -0.2) is 60.0 Å². The molecule has 7 heteroatoms. The van der Waals surface area contributed by atoms with Gasteiger partial charge in [-0.15, -0.1) is 5.10 Å². The summed E-state index contributed by atoms with van der Waals surface area (Å²) in [7, 11) is 2.27. The zero-order valence-electron chi connectivity index (χ0n) is 17.2. The maximum atomic E-state index is 5.64. The van der Waals surface area contributed by atoms with E-state index < -0.39 is 0 Å². The zero-order chi connectivity index (χ0) is 20.1. The molecule has 0 radical (unpaired) electrons. The Morgan fingerprint density at radius 3 is 2.41 bits per heavy atom. The maximum absolute atomic E-state index is 5.64. The molecule has 0 spiro atoms. The molecule has 0 aliphatic carbocycles. The van der Waals surface area contributed by atoms with Crippen LogP contribution in [0.2, 0.25) is 0 Å². The van der Waals surface area contributed by atoms with E-state index in [2.05, 4.69) is 71.1 Å². The molecule has 1 atom stereocenters. The molecule has 1 aliphatic rings. The number of tetrazole rings is 1. The van der Waals surface area contributed by atoms with Gasteiger partial charge in [-0.05, 0) is 47.2 Å². The van der Waals surface area contributed by atoms with Gasteiger partial charge < -0.3 is 14.5 Å². The van der Waals surface area contributed by atoms with Crippen LogP contribution in [0.1, 0.15) is 29.9 Å². The van der Waals surface area contributed by atoms with Gasteiger partial charge in [-0.3, -0.25) is 0 Å². The van der Waals surface area contributed by atoms with E-state index >= 15 is 0 Å². The molecule has 1 aliphatic heterocycles. The van der Waals surface area contributed by atoms with Crippen molar-refractivity contribution in [1.29, 1.82) is 0 Å². The van der Waals surface area contributed by atoms with E-state index in [1.54, 1.807) is 4.90 Å². The van der Waals surface area contributed by atoms with E-state index in [1.807, 2.05) is 17.7 Å². The normalized spacial score (nSPS) is 20.3. The van der Waals surface area contributed by atoms with Crippen LogP contribution < -0.4 is 14.5 Å². The summed E-state index contributed by atoms with van der Waals surface area (Å²) in [5.41, 5.74) is 2.43. The Morgan fingerprint density at radius 2 is 1.72 bits per heavy atom. The quantitative estimate of drug-likeness (QED) is 0.574. The third kappa shape index (κ3) is 4.63. The average molecular weight is 395 g/mol. The van der Waals surface area contributed by atoms with Gasteiger partial charge in [-0.25, -0.2) is 4.68 Å². The van der Waals surface area contributed by atoms with Crippen molar-refractivity contribution in [1.82, 2.24) is 20.2 Å². The number of likely N-dealkylation sites (N-methyl/N-ethyl adjacent to an activating group) is 1. The fraction of sp³-hybridized carbons (Fsp3) is 0.409.